The molecule has 0 aromatic heterocycles. The molecule has 2 rings (SSSR count). The highest BCUT2D eigenvalue weighted by molar-refractivity contribution is 5.77. The molecule has 2 N–H and O–H groups in total. The van der Waals surface area contributed by atoms with E-state index in [1.54, 1.807) is 0 Å². The molecule has 1 fully saturated rings. The standard InChI is InChI=1S/C18H28N2O2/c1-13(2)15-6-8-17(9-7-15)22-12-18(21)20-10-4-5-16(11-20)14(3)19/h6-9,13-14,16H,4-5,10-12,19H2,1-3H3. The number of likely N-dealkylation sites (tertiary alicyclic amines) is 1. The summed E-state index contributed by atoms with van der Waals surface area (Å²) < 4.78 is 5.63. The topological polar surface area (TPSA) is 55.6 Å². The van der Waals surface area contributed by atoms with E-state index in [0.717, 1.165) is 31.7 Å². The lowest BCUT2D eigenvalue weighted by atomic mass is 9.92. The fraction of sp³-hybridized carbons (Fsp3) is 0.611. The highest BCUT2D eigenvalue weighted by atomic mass is 16.5. The highest BCUT2D eigenvalue weighted by Gasteiger charge is 2.25. The third-order valence-electron chi connectivity index (χ3n) is 4.46. The largest absolute Gasteiger partial charge is 0.484 e. The summed E-state index contributed by atoms with van der Waals surface area (Å²) in [5, 5.41) is 0. The van der Waals surface area contributed by atoms with Crippen molar-refractivity contribution in [3.8, 4) is 5.75 Å². The predicted octanol–water partition coefficient (Wildman–Crippen LogP) is 2.77. The van der Waals surface area contributed by atoms with Gasteiger partial charge in [0.2, 0.25) is 0 Å². The number of hydrogen-bond donors (Lipinski definition) is 1. The molecule has 0 aliphatic carbocycles. The molecule has 22 heavy (non-hydrogen) atoms. The fourth-order valence-corrected chi connectivity index (χ4v) is 2.85. The van der Waals surface area contributed by atoms with Crippen LogP contribution >= 0.6 is 0 Å². The number of benzene rings is 1. The molecule has 2 atom stereocenters. The minimum absolute atomic E-state index is 0.0540. The smallest absolute Gasteiger partial charge is 0.260 e. The van der Waals surface area contributed by atoms with E-state index in [4.69, 9.17) is 10.5 Å². The van der Waals surface area contributed by atoms with Gasteiger partial charge in [0, 0.05) is 19.1 Å². The third kappa shape index (κ3) is 4.47. The monoisotopic (exact) mass is 304 g/mol. The Labute approximate surface area is 133 Å². The molecule has 0 saturated carbocycles. The van der Waals surface area contributed by atoms with Gasteiger partial charge in [-0.2, -0.15) is 0 Å². The van der Waals surface area contributed by atoms with Crippen molar-refractivity contribution in [2.24, 2.45) is 11.7 Å². The van der Waals surface area contributed by atoms with Crippen LogP contribution in [0.2, 0.25) is 0 Å². The Morgan fingerprint density at radius 1 is 1.32 bits per heavy atom. The first-order chi connectivity index (χ1) is 10.5. The second-order valence-corrected chi connectivity index (χ2v) is 6.61. The van der Waals surface area contributed by atoms with Crippen LogP contribution in [-0.2, 0) is 4.79 Å². The summed E-state index contributed by atoms with van der Waals surface area (Å²) in [5.41, 5.74) is 7.24. The average Bonchev–Trinajstić information content (AvgIpc) is 2.53. The Balaban J connectivity index is 1.84. The average molecular weight is 304 g/mol. The number of ether oxygens (including phenoxy) is 1. The number of amides is 1. The van der Waals surface area contributed by atoms with Gasteiger partial charge in [0.25, 0.3) is 5.91 Å². The maximum Gasteiger partial charge on any atom is 0.260 e. The molecule has 4 nitrogen and oxygen atoms in total. The second kappa shape index (κ2) is 7.63. The first-order valence-electron chi connectivity index (χ1n) is 8.23. The molecular formula is C18H28N2O2. The number of hydrogen-bond acceptors (Lipinski definition) is 3. The lowest BCUT2D eigenvalue weighted by molar-refractivity contribution is -0.135. The van der Waals surface area contributed by atoms with Crippen LogP contribution in [0.1, 0.15) is 45.1 Å². The van der Waals surface area contributed by atoms with Crippen molar-refractivity contribution >= 4 is 5.91 Å². The molecule has 1 saturated heterocycles. The van der Waals surface area contributed by atoms with Crippen molar-refractivity contribution in [2.75, 3.05) is 19.7 Å². The van der Waals surface area contributed by atoms with Crippen LogP contribution in [-0.4, -0.2) is 36.5 Å². The van der Waals surface area contributed by atoms with Gasteiger partial charge in [-0.05, 0) is 49.3 Å². The van der Waals surface area contributed by atoms with Gasteiger partial charge in [0.15, 0.2) is 6.61 Å². The SMILES string of the molecule is CC(C)c1ccc(OCC(=O)N2CCCC(C(C)N)C2)cc1. The van der Waals surface area contributed by atoms with Crippen LogP contribution in [0.4, 0.5) is 0 Å². The van der Waals surface area contributed by atoms with Crippen LogP contribution in [0.25, 0.3) is 0 Å². The number of carbonyl (C=O) groups excluding carboxylic acids is 1. The van der Waals surface area contributed by atoms with E-state index >= 15 is 0 Å². The van der Waals surface area contributed by atoms with Crippen LogP contribution in [0.5, 0.6) is 5.75 Å². The van der Waals surface area contributed by atoms with Gasteiger partial charge in [-0.3, -0.25) is 4.79 Å². The Bertz CT molecular complexity index is 482. The van der Waals surface area contributed by atoms with E-state index in [-0.39, 0.29) is 18.6 Å². The number of nitrogens with zero attached hydrogens (tertiary/aromatic N) is 1. The number of rotatable bonds is 5. The van der Waals surface area contributed by atoms with Crippen molar-refractivity contribution in [1.29, 1.82) is 0 Å². The molecule has 4 heteroatoms. The van der Waals surface area contributed by atoms with E-state index in [1.807, 2.05) is 24.0 Å². The van der Waals surface area contributed by atoms with E-state index in [1.165, 1.54) is 5.56 Å². The van der Waals surface area contributed by atoms with Gasteiger partial charge in [-0.25, -0.2) is 0 Å². The summed E-state index contributed by atoms with van der Waals surface area (Å²) in [6, 6.07) is 8.11. The fourth-order valence-electron chi connectivity index (χ4n) is 2.85. The molecular weight excluding hydrogens is 276 g/mol. The Morgan fingerprint density at radius 3 is 2.59 bits per heavy atom. The lowest BCUT2D eigenvalue weighted by Crippen LogP contribution is -2.46. The Kier molecular flexibility index (Phi) is 5.83. The van der Waals surface area contributed by atoms with Crippen molar-refractivity contribution < 1.29 is 9.53 Å². The number of nitrogens with two attached hydrogens (primary N) is 1. The summed E-state index contributed by atoms with van der Waals surface area (Å²) in [6.07, 6.45) is 2.14. The van der Waals surface area contributed by atoms with E-state index in [2.05, 4.69) is 26.0 Å². The lowest BCUT2D eigenvalue weighted by Gasteiger charge is -2.34. The highest BCUT2D eigenvalue weighted by Crippen LogP contribution is 2.20. The first kappa shape index (κ1) is 16.8. The van der Waals surface area contributed by atoms with Crippen molar-refractivity contribution in [1.82, 2.24) is 4.90 Å². The van der Waals surface area contributed by atoms with E-state index in [9.17, 15) is 4.79 Å². The maximum absolute atomic E-state index is 12.3. The van der Waals surface area contributed by atoms with Gasteiger partial charge in [0.1, 0.15) is 5.75 Å². The van der Waals surface area contributed by atoms with E-state index < -0.39 is 0 Å². The molecule has 1 aromatic rings. The van der Waals surface area contributed by atoms with Crippen molar-refractivity contribution in [3.63, 3.8) is 0 Å². The summed E-state index contributed by atoms with van der Waals surface area (Å²) >= 11 is 0. The molecule has 1 aliphatic heterocycles. The van der Waals surface area contributed by atoms with Gasteiger partial charge in [0.05, 0.1) is 0 Å². The van der Waals surface area contributed by atoms with Gasteiger partial charge >= 0.3 is 0 Å². The number of carbonyl (C=O) groups is 1. The molecule has 2 unspecified atom stereocenters. The van der Waals surface area contributed by atoms with Crippen molar-refractivity contribution in [3.05, 3.63) is 29.8 Å². The van der Waals surface area contributed by atoms with Crippen LogP contribution in [0, 0.1) is 5.92 Å². The quantitative estimate of drug-likeness (QED) is 0.910. The zero-order valence-electron chi connectivity index (χ0n) is 13.9. The summed E-state index contributed by atoms with van der Waals surface area (Å²) in [6.45, 7) is 8.01. The van der Waals surface area contributed by atoms with Crippen LogP contribution in [0.3, 0.4) is 0 Å². The predicted molar refractivity (Wildman–Crippen MR) is 89.0 cm³/mol. The normalized spacial score (nSPS) is 20.0. The van der Waals surface area contributed by atoms with E-state index in [0.29, 0.717) is 11.8 Å². The van der Waals surface area contributed by atoms with Gasteiger partial charge < -0.3 is 15.4 Å². The Morgan fingerprint density at radius 2 is 2.00 bits per heavy atom. The van der Waals surface area contributed by atoms with Gasteiger partial charge in [-0.1, -0.05) is 26.0 Å². The molecule has 1 aromatic carbocycles. The second-order valence-electron chi connectivity index (χ2n) is 6.61. The van der Waals surface area contributed by atoms with Crippen molar-refractivity contribution in [2.45, 2.75) is 45.6 Å². The van der Waals surface area contributed by atoms with Crippen LogP contribution < -0.4 is 10.5 Å². The third-order valence-corrected chi connectivity index (χ3v) is 4.46. The first-order valence-corrected chi connectivity index (χ1v) is 8.23. The summed E-state index contributed by atoms with van der Waals surface area (Å²) in [4.78, 5) is 14.2. The molecule has 0 bridgehead atoms. The molecule has 1 aliphatic rings. The zero-order valence-corrected chi connectivity index (χ0v) is 13.9. The molecule has 0 spiro atoms. The Hall–Kier alpha value is -1.55. The zero-order chi connectivity index (χ0) is 16.1. The molecule has 1 heterocycles. The minimum Gasteiger partial charge on any atom is -0.484 e. The summed E-state index contributed by atoms with van der Waals surface area (Å²) in [5.74, 6) is 1.71. The van der Waals surface area contributed by atoms with Crippen LogP contribution in [0.15, 0.2) is 24.3 Å². The molecule has 0 radical (unpaired) electrons. The molecule has 122 valence electrons. The summed E-state index contributed by atoms with van der Waals surface area (Å²) in [7, 11) is 0. The van der Waals surface area contributed by atoms with Gasteiger partial charge in [-0.15, -0.1) is 0 Å². The molecule has 1 amide bonds. The minimum atomic E-state index is 0.0540. The maximum atomic E-state index is 12.3. The number of piperidine rings is 1.